The number of alkyl halides is 1. The highest BCUT2D eigenvalue weighted by Crippen LogP contribution is 2.19. The molecule has 2 aromatic rings. The van der Waals surface area contributed by atoms with Gasteiger partial charge in [0.1, 0.15) is 0 Å². The molecule has 0 radical (unpaired) electrons. The van der Waals surface area contributed by atoms with Crippen LogP contribution >= 0.6 is 76.0 Å². The van der Waals surface area contributed by atoms with Crippen molar-refractivity contribution in [3.05, 3.63) is 68.6 Å². The summed E-state index contributed by atoms with van der Waals surface area (Å²) in [5.41, 5.74) is 1.56. The summed E-state index contributed by atoms with van der Waals surface area (Å²) in [7, 11) is 0. The second-order valence-corrected chi connectivity index (χ2v) is 9.86. The van der Waals surface area contributed by atoms with Gasteiger partial charge in [0, 0.05) is 54.7 Å². The zero-order chi connectivity index (χ0) is 22.6. The Balaban J connectivity index is 0.000000499. The Bertz CT molecular complexity index is 741. The Morgan fingerprint density at radius 2 is 1.14 bits per heavy atom. The molecule has 0 aromatic heterocycles. The SMILES string of the molecule is BrBr.CC(C)C(Br)C(=O)c1ccc(Br)cc1.CC(C)CC(=O)c1ccc(Br)cc1. The molecular formula is C22H25Br5O2. The highest BCUT2D eigenvalue weighted by Gasteiger charge is 2.19. The van der Waals surface area contributed by atoms with Gasteiger partial charge in [-0.2, -0.15) is 0 Å². The first-order valence-corrected chi connectivity index (χ1v) is 15.2. The Labute approximate surface area is 214 Å². The second-order valence-electron chi connectivity index (χ2n) is 7.04. The van der Waals surface area contributed by atoms with Crippen molar-refractivity contribution < 1.29 is 9.59 Å². The van der Waals surface area contributed by atoms with Gasteiger partial charge in [0.25, 0.3) is 0 Å². The summed E-state index contributed by atoms with van der Waals surface area (Å²) >= 11 is 15.6. The number of carbonyl (C=O) groups excluding carboxylic acids is 2. The maximum absolute atomic E-state index is 11.8. The predicted molar refractivity (Wildman–Crippen MR) is 142 cm³/mol. The van der Waals surface area contributed by atoms with E-state index in [-0.39, 0.29) is 16.4 Å². The Kier molecular flexibility index (Phi) is 16.0. The Hall–Kier alpha value is 0.180. The number of halogens is 5. The molecule has 160 valence electrons. The monoisotopic (exact) mass is 716 g/mol. The molecule has 1 atom stereocenters. The highest BCUT2D eigenvalue weighted by atomic mass is 80.9. The van der Waals surface area contributed by atoms with Crippen molar-refractivity contribution in [2.45, 2.75) is 38.9 Å². The Morgan fingerprint density at radius 3 is 1.48 bits per heavy atom. The normalized spacial score (nSPS) is 11.1. The summed E-state index contributed by atoms with van der Waals surface area (Å²) in [6.45, 7) is 8.15. The van der Waals surface area contributed by atoms with E-state index in [9.17, 15) is 9.59 Å². The third kappa shape index (κ3) is 12.0. The van der Waals surface area contributed by atoms with Gasteiger partial charge < -0.3 is 0 Å². The van der Waals surface area contributed by atoms with Crippen molar-refractivity contribution >= 4 is 87.6 Å². The van der Waals surface area contributed by atoms with Crippen molar-refractivity contribution in [1.82, 2.24) is 0 Å². The fourth-order valence-corrected chi connectivity index (χ4v) is 2.99. The second kappa shape index (κ2) is 15.9. The molecule has 0 spiro atoms. The van der Waals surface area contributed by atoms with E-state index in [4.69, 9.17) is 0 Å². The summed E-state index contributed by atoms with van der Waals surface area (Å²) < 4.78 is 2.00. The average molecular weight is 721 g/mol. The molecule has 2 rings (SSSR count). The van der Waals surface area contributed by atoms with Gasteiger partial charge in [-0.25, -0.2) is 0 Å². The van der Waals surface area contributed by atoms with E-state index in [0.717, 1.165) is 20.1 Å². The van der Waals surface area contributed by atoms with Crippen LogP contribution in [0.25, 0.3) is 0 Å². The van der Waals surface area contributed by atoms with E-state index >= 15 is 0 Å². The number of hydrogen-bond acceptors (Lipinski definition) is 2. The van der Waals surface area contributed by atoms with Gasteiger partial charge in [0.15, 0.2) is 11.6 Å². The smallest absolute Gasteiger partial charge is 0.176 e. The van der Waals surface area contributed by atoms with Crippen LogP contribution in [0.5, 0.6) is 0 Å². The van der Waals surface area contributed by atoms with Crippen LogP contribution in [-0.2, 0) is 0 Å². The molecule has 0 fully saturated rings. The lowest BCUT2D eigenvalue weighted by Gasteiger charge is -2.12. The van der Waals surface area contributed by atoms with E-state index in [1.165, 1.54) is 0 Å². The van der Waals surface area contributed by atoms with Crippen LogP contribution in [0.4, 0.5) is 0 Å². The van der Waals surface area contributed by atoms with Gasteiger partial charge in [-0.3, -0.25) is 9.59 Å². The molecule has 0 N–H and O–H groups in total. The van der Waals surface area contributed by atoms with Crippen LogP contribution in [0, 0.1) is 11.8 Å². The van der Waals surface area contributed by atoms with Crippen molar-refractivity contribution in [2.24, 2.45) is 11.8 Å². The molecule has 0 saturated carbocycles. The van der Waals surface area contributed by atoms with Crippen molar-refractivity contribution in [3.8, 4) is 0 Å². The van der Waals surface area contributed by atoms with Crippen molar-refractivity contribution in [2.75, 3.05) is 0 Å². The minimum absolute atomic E-state index is 0.0938. The highest BCUT2D eigenvalue weighted by molar-refractivity contribution is 9.93. The molecule has 0 saturated heterocycles. The van der Waals surface area contributed by atoms with Gasteiger partial charge in [-0.1, -0.05) is 99.8 Å². The number of hydrogen-bond donors (Lipinski definition) is 0. The van der Waals surface area contributed by atoms with Crippen LogP contribution < -0.4 is 0 Å². The van der Waals surface area contributed by atoms with Crippen LogP contribution in [0.2, 0.25) is 0 Å². The molecule has 7 heteroatoms. The predicted octanol–water partition coefficient (Wildman–Crippen LogP) is 9.42. The summed E-state index contributed by atoms with van der Waals surface area (Å²) in [6, 6.07) is 14.9. The molecule has 0 bridgehead atoms. The number of benzene rings is 2. The van der Waals surface area contributed by atoms with E-state index in [2.05, 4.69) is 89.9 Å². The molecule has 0 aliphatic rings. The van der Waals surface area contributed by atoms with E-state index in [1.807, 2.05) is 62.4 Å². The first kappa shape index (κ1) is 29.2. The quantitative estimate of drug-likeness (QED) is 0.220. The molecule has 0 aliphatic carbocycles. The van der Waals surface area contributed by atoms with E-state index in [0.29, 0.717) is 18.3 Å². The van der Waals surface area contributed by atoms with E-state index in [1.54, 1.807) is 0 Å². The fraction of sp³-hybridized carbons (Fsp3) is 0.364. The number of Topliss-reactive ketones (excluding diaryl/α,β-unsaturated/α-hetero) is 2. The van der Waals surface area contributed by atoms with Crippen LogP contribution in [0.1, 0.15) is 54.8 Å². The first-order chi connectivity index (χ1) is 13.6. The molecule has 29 heavy (non-hydrogen) atoms. The Morgan fingerprint density at radius 1 is 0.759 bits per heavy atom. The number of ketones is 2. The molecule has 0 amide bonds. The minimum Gasteiger partial charge on any atom is -0.294 e. The summed E-state index contributed by atoms with van der Waals surface area (Å²) in [5, 5.41) is 0. The molecule has 2 aromatic carbocycles. The van der Waals surface area contributed by atoms with Crippen molar-refractivity contribution in [1.29, 1.82) is 0 Å². The lowest BCUT2D eigenvalue weighted by Crippen LogP contribution is -2.19. The standard InChI is InChI=1S/C11H12Br2O.C11H13BrO.Br2/c1-7(2)10(13)11(14)8-3-5-9(12)6-4-8;1-8(2)7-11(13)9-3-5-10(12)6-4-9;1-2/h3-7,10H,1-2H3;3-6,8H,7H2,1-2H3;. The molecular weight excluding hydrogens is 696 g/mol. The molecule has 0 aliphatic heterocycles. The minimum atomic E-state index is -0.0938. The topological polar surface area (TPSA) is 34.1 Å². The van der Waals surface area contributed by atoms with Gasteiger partial charge in [0.2, 0.25) is 0 Å². The lowest BCUT2D eigenvalue weighted by molar-refractivity contribution is 0.0963. The van der Waals surface area contributed by atoms with Gasteiger partial charge in [0.05, 0.1) is 4.83 Å². The third-order valence-electron chi connectivity index (χ3n) is 3.72. The first-order valence-electron chi connectivity index (χ1n) is 8.98. The summed E-state index contributed by atoms with van der Waals surface area (Å²) in [6.07, 6.45) is 0.627. The van der Waals surface area contributed by atoms with Crippen LogP contribution in [0.15, 0.2) is 57.5 Å². The maximum Gasteiger partial charge on any atom is 0.176 e. The van der Waals surface area contributed by atoms with Crippen LogP contribution in [-0.4, -0.2) is 16.4 Å². The molecule has 1 unspecified atom stereocenters. The van der Waals surface area contributed by atoms with Gasteiger partial charge in [-0.05, 0) is 36.1 Å². The molecule has 0 heterocycles. The summed E-state index contributed by atoms with van der Waals surface area (Å²) in [4.78, 5) is 23.3. The van der Waals surface area contributed by atoms with Crippen LogP contribution in [0.3, 0.4) is 0 Å². The largest absolute Gasteiger partial charge is 0.294 e. The average Bonchev–Trinajstić information content (AvgIpc) is 2.69. The third-order valence-corrected chi connectivity index (χ3v) is 6.25. The molecule has 2 nitrogen and oxygen atoms in total. The van der Waals surface area contributed by atoms with Gasteiger partial charge >= 0.3 is 0 Å². The van der Waals surface area contributed by atoms with Gasteiger partial charge in [-0.15, -0.1) is 0 Å². The van der Waals surface area contributed by atoms with Crippen molar-refractivity contribution in [3.63, 3.8) is 0 Å². The zero-order valence-corrected chi connectivity index (χ0v) is 24.7. The number of carbonyl (C=O) groups is 2. The lowest BCUT2D eigenvalue weighted by atomic mass is 10.0. The zero-order valence-electron chi connectivity index (χ0n) is 16.8. The number of rotatable bonds is 6. The fourth-order valence-electron chi connectivity index (χ4n) is 2.20. The summed E-state index contributed by atoms with van der Waals surface area (Å²) in [5.74, 6) is 1.11. The van der Waals surface area contributed by atoms with E-state index < -0.39 is 0 Å². The maximum atomic E-state index is 11.8.